The highest BCUT2D eigenvalue weighted by atomic mass is 32.1. The van der Waals surface area contributed by atoms with E-state index in [-0.39, 0.29) is 18.2 Å². The summed E-state index contributed by atoms with van der Waals surface area (Å²) < 4.78 is 0. The molecule has 8 heteroatoms. The molecule has 3 aromatic rings. The number of primary amides is 1. The molecular weight excluding hydrogens is 448 g/mol. The number of nitrogens with zero attached hydrogens (tertiary/aromatic N) is 2. The first-order valence-corrected chi connectivity index (χ1v) is 12.4. The Labute approximate surface area is 202 Å². The molecule has 0 atom stereocenters. The lowest BCUT2D eigenvalue weighted by atomic mass is 9.86. The van der Waals surface area contributed by atoms with E-state index in [0.29, 0.717) is 39.0 Å². The Morgan fingerprint density at radius 1 is 0.971 bits per heavy atom. The zero-order chi connectivity index (χ0) is 23.9. The van der Waals surface area contributed by atoms with E-state index in [9.17, 15) is 14.4 Å². The van der Waals surface area contributed by atoms with Crippen LogP contribution in [-0.2, 0) is 4.79 Å². The Kier molecular flexibility index (Phi) is 7.80. The molecule has 4 rings (SSSR count). The number of rotatable bonds is 9. The minimum atomic E-state index is -0.519. The number of carbonyl (C=O) groups excluding carboxylic acids is 3. The predicted octanol–water partition coefficient (Wildman–Crippen LogP) is 4.63. The fourth-order valence-electron chi connectivity index (χ4n) is 4.27. The maximum absolute atomic E-state index is 13.1. The van der Waals surface area contributed by atoms with E-state index < -0.39 is 5.91 Å². The largest absolute Gasteiger partial charge is 0.366 e. The molecule has 1 fully saturated rings. The van der Waals surface area contributed by atoms with E-state index >= 15 is 0 Å². The van der Waals surface area contributed by atoms with Gasteiger partial charge in [0, 0.05) is 35.5 Å². The Morgan fingerprint density at radius 2 is 1.68 bits per heavy atom. The van der Waals surface area contributed by atoms with Gasteiger partial charge in [0.1, 0.15) is 9.88 Å². The fourth-order valence-corrected chi connectivity index (χ4v) is 5.30. The average Bonchev–Trinajstić information content (AvgIpc) is 3.33. The molecular formula is C26H28N4O3S. The van der Waals surface area contributed by atoms with Gasteiger partial charge in [-0.2, -0.15) is 0 Å². The molecule has 3 N–H and O–H groups in total. The van der Waals surface area contributed by atoms with Crippen LogP contribution in [0.15, 0.2) is 48.8 Å². The zero-order valence-electron chi connectivity index (χ0n) is 19.0. The molecule has 0 bridgehead atoms. The number of thiazole rings is 1. The zero-order valence-corrected chi connectivity index (χ0v) is 19.8. The second-order valence-electron chi connectivity index (χ2n) is 8.62. The van der Waals surface area contributed by atoms with Gasteiger partial charge in [-0.1, -0.05) is 44.2 Å². The Hall–Kier alpha value is -3.39. The highest BCUT2D eigenvalue weighted by molar-refractivity contribution is 7.17. The van der Waals surface area contributed by atoms with Crippen LogP contribution in [0.1, 0.15) is 65.0 Å². The number of amides is 2. The second-order valence-corrected chi connectivity index (χ2v) is 9.62. The van der Waals surface area contributed by atoms with E-state index in [4.69, 9.17) is 10.7 Å². The van der Waals surface area contributed by atoms with Crippen LogP contribution in [0.5, 0.6) is 0 Å². The maximum atomic E-state index is 13.1. The quantitative estimate of drug-likeness (QED) is 0.437. The van der Waals surface area contributed by atoms with Crippen molar-refractivity contribution in [3.63, 3.8) is 0 Å². The third kappa shape index (κ3) is 5.94. The molecule has 0 aliphatic heterocycles. The molecule has 7 nitrogen and oxygen atoms in total. The molecule has 0 unspecified atom stereocenters. The van der Waals surface area contributed by atoms with Crippen LogP contribution >= 0.6 is 11.3 Å². The smallest absolute Gasteiger partial charge is 0.248 e. The van der Waals surface area contributed by atoms with Crippen LogP contribution in [0, 0.1) is 5.92 Å². The number of nitrogens with two attached hydrogens (primary N) is 1. The highest BCUT2D eigenvalue weighted by Gasteiger charge is 2.21. The van der Waals surface area contributed by atoms with Crippen molar-refractivity contribution in [1.82, 2.24) is 15.3 Å². The Balaban J connectivity index is 1.49. The number of aromatic nitrogens is 2. The standard InChI is InChI=1S/C26H28N4O3S/c27-25(33)19-9-7-18(8-10-19)23-24(34-26(30-23)20-12-14-28-15-13-20)21(31)16-29-22(32)11-6-17-4-2-1-3-5-17/h7-10,12-15,17H,1-6,11,16H2,(H2,27,33)(H,29,32). The van der Waals surface area contributed by atoms with Gasteiger partial charge in [-0.25, -0.2) is 4.98 Å². The number of carbonyl (C=O) groups is 3. The van der Waals surface area contributed by atoms with Gasteiger partial charge in [-0.3, -0.25) is 19.4 Å². The third-order valence-corrected chi connectivity index (χ3v) is 7.35. The van der Waals surface area contributed by atoms with Crippen LogP contribution in [0.2, 0.25) is 0 Å². The van der Waals surface area contributed by atoms with Gasteiger partial charge in [0.2, 0.25) is 11.8 Å². The lowest BCUT2D eigenvalue weighted by Crippen LogP contribution is -2.29. The van der Waals surface area contributed by atoms with E-state index in [1.165, 1.54) is 43.4 Å². The normalized spacial score (nSPS) is 14.0. The first-order valence-electron chi connectivity index (χ1n) is 11.6. The van der Waals surface area contributed by atoms with Crippen molar-refractivity contribution in [1.29, 1.82) is 0 Å². The summed E-state index contributed by atoms with van der Waals surface area (Å²) >= 11 is 1.28. The average molecular weight is 477 g/mol. The van der Waals surface area contributed by atoms with Gasteiger partial charge >= 0.3 is 0 Å². The van der Waals surface area contributed by atoms with E-state index in [1.54, 1.807) is 36.7 Å². The number of hydrogen-bond donors (Lipinski definition) is 2. The summed E-state index contributed by atoms with van der Waals surface area (Å²) in [5.41, 5.74) is 7.81. The third-order valence-electron chi connectivity index (χ3n) is 6.20. The summed E-state index contributed by atoms with van der Waals surface area (Å²) in [5.74, 6) is -0.188. The SMILES string of the molecule is NC(=O)c1ccc(-c2nc(-c3ccncc3)sc2C(=O)CNC(=O)CCC2CCCCC2)cc1. The van der Waals surface area contributed by atoms with Crippen molar-refractivity contribution in [2.24, 2.45) is 11.7 Å². The summed E-state index contributed by atoms with van der Waals surface area (Å²) in [7, 11) is 0. The highest BCUT2D eigenvalue weighted by Crippen LogP contribution is 2.34. The number of Topliss-reactive ketones (excluding diaryl/α,β-unsaturated/α-hetero) is 1. The lowest BCUT2D eigenvalue weighted by molar-refractivity contribution is -0.121. The van der Waals surface area contributed by atoms with Crippen molar-refractivity contribution < 1.29 is 14.4 Å². The molecule has 0 spiro atoms. The molecule has 176 valence electrons. The molecule has 1 aromatic carbocycles. The van der Waals surface area contributed by atoms with E-state index in [0.717, 1.165) is 12.0 Å². The molecule has 1 aliphatic carbocycles. The Morgan fingerprint density at radius 3 is 2.35 bits per heavy atom. The van der Waals surface area contributed by atoms with Crippen LogP contribution in [-0.4, -0.2) is 34.1 Å². The molecule has 2 amide bonds. The Bertz CT molecular complexity index is 1150. The van der Waals surface area contributed by atoms with Crippen LogP contribution in [0.25, 0.3) is 21.8 Å². The van der Waals surface area contributed by atoms with Crippen molar-refractivity contribution in [3.05, 3.63) is 59.2 Å². The van der Waals surface area contributed by atoms with Crippen LogP contribution in [0.3, 0.4) is 0 Å². The summed E-state index contributed by atoms with van der Waals surface area (Å²) in [4.78, 5) is 46.2. The van der Waals surface area contributed by atoms with Gasteiger partial charge in [0.25, 0.3) is 0 Å². The van der Waals surface area contributed by atoms with Crippen LogP contribution < -0.4 is 11.1 Å². The van der Waals surface area contributed by atoms with Crippen molar-refractivity contribution in [3.8, 4) is 21.8 Å². The minimum Gasteiger partial charge on any atom is -0.366 e. The number of nitrogens with one attached hydrogen (secondary N) is 1. The first-order chi connectivity index (χ1) is 16.5. The summed E-state index contributed by atoms with van der Waals surface area (Å²) in [5, 5.41) is 3.48. The summed E-state index contributed by atoms with van der Waals surface area (Å²) in [6.07, 6.45) is 10.9. The molecule has 1 aliphatic rings. The molecule has 2 heterocycles. The topological polar surface area (TPSA) is 115 Å². The van der Waals surface area contributed by atoms with Gasteiger partial charge in [-0.05, 0) is 36.6 Å². The van der Waals surface area contributed by atoms with Gasteiger partial charge in [-0.15, -0.1) is 11.3 Å². The van der Waals surface area contributed by atoms with E-state index in [2.05, 4.69) is 10.3 Å². The lowest BCUT2D eigenvalue weighted by Gasteiger charge is -2.20. The minimum absolute atomic E-state index is 0.0755. The number of benzene rings is 1. The molecule has 1 saturated carbocycles. The molecule has 2 aromatic heterocycles. The van der Waals surface area contributed by atoms with Crippen molar-refractivity contribution in [2.75, 3.05) is 6.54 Å². The summed E-state index contributed by atoms with van der Waals surface area (Å²) in [6.45, 7) is -0.0755. The first kappa shape index (κ1) is 23.8. The fraction of sp³-hybridized carbons (Fsp3) is 0.346. The maximum Gasteiger partial charge on any atom is 0.248 e. The number of ketones is 1. The second kappa shape index (κ2) is 11.2. The monoisotopic (exact) mass is 476 g/mol. The molecule has 34 heavy (non-hydrogen) atoms. The van der Waals surface area contributed by atoms with Gasteiger partial charge in [0.15, 0.2) is 5.78 Å². The summed E-state index contributed by atoms with van der Waals surface area (Å²) in [6, 6.07) is 10.4. The van der Waals surface area contributed by atoms with Gasteiger partial charge < -0.3 is 11.1 Å². The number of pyridine rings is 1. The molecule has 0 saturated heterocycles. The van der Waals surface area contributed by atoms with Crippen molar-refractivity contribution in [2.45, 2.75) is 44.9 Å². The number of hydrogen-bond acceptors (Lipinski definition) is 6. The van der Waals surface area contributed by atoms with Crippen LogP contribution in [0.4, 0.5) is 0 Å². The van der Waals surface area contributed by atoms with E-state index in [1.807, 2.05) is 12.1 Å². The van der Waals surface area contributed by atoms with Crippen molar-refractivity contribution >= 4 is 28.9 Å². The molecule has 0 radical (unpaired) electrons. The van der Waals surface area contributed by atoms with Gasteiger partial charge in [0.05, 0.1) is 12.2 Å². The predicted molar refractivity (Wildman–Crippen MR) is 132 cm³/mol.